The zero-order chi connectivity index (χ0) is 11.1. The van der Waals surface area contributed by atoms with Crippen molar-refractivity contribution < 1.29 is 0 Å². The van der Waals surface area contributed by atoms with Crippen LogP contribution < -0.4 is 5.73 Å². The molecule has 1 aromatic rings. The minimum atomic E-state index is 0.415. The molecule has 1 rings (SSSR count). The summed E-state index contributed by atoms with van der Waals surface area (Å²) in [6.45, 7) is 4.54. The minimum absolute atomic E-state index is 0.415. The lowest BCUT2D eigenvalue weighted by atomic mass is 10.1. The largest absolute Gasteiger partial charge is 0.320 e. The van der Waals surface area contributed by atoms with E-state index in [1.165, 1.54) is 5.56 Å². The molecule has 0 unspecified atom stereocenters. The van der Waals surface area contributed by atoms with Crippen molar-refractivity contribution in [3.8, 4) is 11.8 Å². The first-order chi connectivity index (χ1) is 7.27. The van der Waals surface area contributed by atoms with Crippen LogP contribution in [-0.4, -0.2) is 25.0 Å². The van der Waals surface area contributed by atoms with E-state index in [4.69, 9.17) is 5.73 Å². The van der Waals surface area contributed by atoms with Crippen LogP contribution in [0.25, 0.3) is 0 Å². The molecule has 80 valence electrons. The Hall–Kier alpha value is -1.30. The predicted octanol–water partition coefficient (Wildman–Crippen LogP) is 1.45. The second-order valence-corrected chi connectivity index (χ2v) is 3.49. The van der Waals surface area contributed by atoms with E-state index < -0.39 is 0 Å². The van der Waals surface area contributed by atoms with E-state index in [9.17, 15) is 0 Å². The van der Waals surface area contributed by atoms with E-state index in [0.29, 0.717) is 6.54 Å². The van der Waals surface area contributed by atoms with Crippen LogP contribution in [0.15, 0.2) is 24.3 Å². The number of nitrogens with two attached hydrogens (primary N) is 1. The second-order valence-electron chi connectivity index (χ2n) is 3.49. The summed E-state index contributed by atoms with van der Waals surface area (Å²) in [5.41, 5.74) is 7.72. The molecule has 0 saturated heterocycles. The molecule has 2 nitrogen and oxygen atoms in total. The van der Waals surface area contributed by atoms with Crippen LogP contribution in [0, 0.1) is 11.8 Å². The Bertz CT molecular complexity index is 360. The van der Waals surface area contributed by atoms with Crippen molar-refractivity contribution in [3.05, 3.63) is 35.4 Å². The minimum Gasteiger partial charge on any atom is -0.320 e. The van der Waals surface area contributed by atoms with E-state index in [0.717, 1.165) is 18.7 Å². The van der Waals surface area contributed by atoms with E-state index in [2.05, 4.69) is 36.8 Å². The molecular formula is C13H18N2. The molecule has 0 saturated carbocycles. The Morgan fingerprint density at radius 3 is 2.73 bits per heavy atom. The van der Waals surface area contributed by atoms with Gasteiger partial charge >= 0.3 is 0 Å². The molecule has 0 aliphatic heterocycles. The first-order valence-electron chi connectivity index (χ1n) is 5.23. The summed E-state index contributed by atoms with van der Waals surface area (Å²) in [5, 5.41) is 0. The fraction of sp³-hybridized carbons (Fsp3) is 0.385. The highest BCUT2D eigenvalue weighted by atomic mass is 15.1. The van der Waals surface area contributed by atoms with Crippen LogP contribution in [0.1, 0.15) is 18.1 Å². The Labute approximate surface area is 92.1 Å². The van der Waals surface area contributed by atoms with Crippen molar-refractivity contribution in [1.29, 1.82) is 0 Å². The fourth-order valence-corrected chi connectivity index (χ4v) is 1.33. The third-order valence-corrected chi connectivity index (χ3v) is 2.32. The highest BCUT2D eigenvalue weighted by molar-refractivity contribution is 5.41. The van der Waals surface area contributed by atoms with Crippen molar-refractivity contribution in [2.45, 2.75) is 13.5 Å². The molecular weight excluding hydrogens is 184 g/mol. The first-order valence-corrected chi connectivity index (χ1v) is 5.23. The zero-order valence-electron chi connectivity index (χ0n) is 9.46. The van der Waals surface area contributed by atoms with Crippen LogP contribution in [0.2, 0.25) is 0 Å². The summed E-state index contributed by atoms with van der Waals surface area (Å²) in [4.78, 5) is 2.25. The Morgan fingerprint density at radius 1 is 1.33 bits per heavy atom. The Balaban J connectivity index is 2.86. The lowest BCUT2D eigenvalue weighted by Crippen LogP contribution is -2.17. The maximum atomic E-state index is 5.37. The summed E-state index contributed by atoms with van der Waals surface area (Å²) in [6, 6.07) is 8.22. The summed E-state index contributed by atoms with van der Waals surface area (Å²) >= 11 is 0. The maximum Gasteiger partial charge on any atom is 0.0555 e. The highest BCUT2D eigenvalue weighted by Crippen LogP contribution is 2.09. The average molecular weight is 202 g/mol. The predicted molar refractivity (Wildman–Crippen MR) is 64.4 cm³/mol. The molecule has 2 heteroatoms. The smallest absolute Gasteiger partial charge is 0.0555 e. The normalized spacial score (nSPS) is 9.87. The molecule has 0 aliphatic carbocycles. The molecule has 0 radical (unpaired) electrons. The van der Waals surface area contributed by atoms with Crippen molar-refractivity contribution in [2.75, 3.05) is 20.1 Å². The van der Waals surface area contributed by atoms with E-state index in [1.807, 2.05) is 18.2 Å². The number of benzene rings is 1. The van der Waals surface area contributed by atoms with Crippen LogP contribution in [0.4, 0.5) is 0 Å². The fourth-order valence-electron chi connectivity index (χ4n) is 1.33. The third kappa shape index (κ3) is 3.75. The van der Waals surface area contributed by atoms with Crippen LogP contribution in [-0.2, 0) is 6.54 Å². The van der Waals surface area contributed by atoms with Gasteiger partial charge in [0.05, 0.1) is 6.54 Å². The molecule has 0 aromatic heterocycles. The van der Waals surface area contributed by atoms with Gasteiger partial charge in [-0.05, 0) is 25.2 Å². The van der Waals surface area contributed by atoms with Crippen LogP contribution in [0.3, 0.4) is 0 Å². The molecule has 0 atom stereocenters. The monoisotopic (exact) mass is 202 g/mol. The lowest BCUT2D eigenvalue weighted by Gasteiger charge is -2.14. The molecule has 15 heavy (non-hydrogen) atoms. The molecule has 1 aromatic carbocycles. The summed E-state index contributed by atoms with van der Waals surface area (Å²) in [5.74, 6) is 6.00. The van der Waals surface area contributed by atoms with Gasteiger partial charge in [0.2, 0.25) is 0 Å². The molecule has 0 fully saturated rings. The summed E-state index contributed by atoms with van der Waals surface area (Å²) < 4.78 is 0. The number of rotatable bonds is 3. The molecule has 0 spiro atoms. The zero-order valence-corrected chi connectivity index (χ0v) is 9.46. The summed E-state index contributed by atoms with van der Waals surface area (Å²) in [6.07, 6.45) is 0. The number of nitrogens with zero attached hydrogens (tertiary/aromatic N) is 1. The van der Waals surface area contributed by atoms with Gasteiger partial charge in [-0.3, -0.25) is 0 Å². The van der Waals surface area contributed by atoms with Gasteiger partial charge < -0.3 is 10.6 Å². The van der Waals surface area contributed by atoms with Gasteiger partial charge in [0.1, 0.15) is 0 Å². The first kappa shape index (κ1) is 11.8. The van der Waals surface area contributed by atoms with Gasteiger partial charge in [0.25, 0.3) is 0 Å². The average Bonchev–Trinajstić information content (AvgIpc) is 2.28. The van der Waals surface area contributed by atoms with Crippen LogP contribution >= 0.6 is 0 Å². The van der Waals surface area contributed by atoms with Crippen LogP contribution in [0.5, 0.6) is 0 Å². The van der Waals surface area contributed by atoms with Gasteiger partial charge in [-0.15, -0.1) is 0 Å². The second kappa shape index (κ2) is 6.23. The molecule has 0 heterocycles. The molecule has 0 amide bonds. The van der Waals surface area contributed by atoms with Crippen molar-refractivity contribution in [1.82, 2.24) is 4.90 Å². The highest BCUT2D eigenvalue weighted by Gasteiger charge is 2.01. The van der Waals surface area contributed by atoms with Gasteiger partial charge in [0.15, 0.2) is 0 Å². The van der Waals surface area contributed by atoms with Gasteiger partial charge in [-0.25, -0.2) is 0 Å². The van der Waals surface area contributed by atoms with E-state index in [1.54, 1.807) is 0 Å². The molecule has 0 aliphatic rings. The lowest BCUT2D eigenvalue weighted by molar-refractivity contribution is 0.345. The Morgan fingerprint density at radius 2 is 2.07 bits per heavy atom. The van der Waals surface area contributed by atoms with Crippen molar-refractivity contribution in [3.63, 3.8) is 0 Å². The number of hydrogen-bond donors (Lipinski definition) is 1. The Kier molecular flexibility index (Phi) is 4.89. The van der Waals surface area contributed by atoms with Gasteiger partial charge in [0, 0.05) is 12.1 Å². The summed E-state index contributed by atoms with van der Waals surface area (Å²) in [7, 11) is 2.10. The molecule has 0 bridgehead atoms. The third-order valence-electron chi connectivity index (χ3n) is 2.32. The van der Waals surface area contributed by atoms with Gasteiger partial charge in [-0.1, -0.05) is 37.0 Å². The van der Waals surface area contributed by atoms with Crippen molar-refractivity contribution in [2.24, 2.45) is 5.73 Å². The standard InChI is InChI=1S/C13H18N2/c1-3-15(2)11-13-8-5-4-7-12(13)9-6-10-14/h4-5,7-8H,3,10-11,14H2,1-2H3. The van der Waals surface area contributed by atoms with Crippen molar-refractivity contribution >= 4 is 0 Å². The SMILES string of the molecule is CCN(C)Cc1ccccc1C#CCN. The maximum absolute atomic E-state index is 5.37. The van der Waals surface area contributed by atoms with E-state index >= 15 is 0 Å². The topological polar surface area (TPSA) is 29.3 Å². The van der Waals surface area contributed by atoms with Gasteiger partial charge in [-0.2, -0.15) is 0 Å². The quantitative estimate of drug-likeness (QED) is 0.752. The molecule has 2 N–H and O–H groups in total. The van der Waals surface area contributed by atoms with E-state index in [-0.39, 0.29) is 0 Å². The number of hydrogen-bond acceptors (Lipinski definition) is 2.